The van der Waals surface area contributed by atoms with E-state index in [1.807, 2.05) is 36.1 Å². The highest BCUT2D eigenvalue weighted by Gasteiger charge is 2.33. The lowest BCUT2D eigenvalue weighted by Gasteiger charge is -2.33. The second-order valence-corrected chi connectivity index (χ2v) is 7.55. The Labute approximate surface area is 164 Å². The lowest BCUT2D eigenvalue weighted by atomic mass is 9.92. The van der Waals surface area contributed by atoms with Crippen molar-refractivity contribution in [2.45, 2.75) is 38.7 Å². The van der Waals surface area contributed by atoms with Crippen LogP contribution >= 0.6 is 0 Å². The summed E-state index contributed by atoms with van der Waals surface area (Å²) in [5.74, 6) is 0.827. The summed E-state index contributed by atoms with van der Waals surface area (Å²) in [4.78, 5) is 30.8. The molecular formula is C22H26N2O4. The van der Waals surface area contributed by atoms with E-state index in [9.17, 15) is 9.59 Å². The molecule has 0 spiro atoms. The average molecular weight is 382 g/mol. The van der Waals surface area contributed by atoms with E-state index in [2.05, 4.69) is 4.98 Å². The summed E-state index contributed by atoms with van der Waals surface area (Å²) in [7, 11) is 1.65. The van der Waals surface area contributed by atoms with E-state index in [1.54, 1.807) is 7.11 Å². The van der Waals surface area contributed by atoms with Gasteiger partial charge in [-0.15, -0.1) is 0 Å². The predicted molar refractivity (Wildman–Crippen MR) is 105 cm³/mol. The maximum atomic E-state index is 13.3. The third-order valence-corrected chi connectivity index (χ3v) is 5.61. The van der Waals surface area contributed by atoms with Gasteiger partial charge in [0.25, 0.3) is 5.91 Å². The van der Waals surface area contributed by atoms with Crippen LogP contribution in [0.15, 0.2) is 24.3 Å². The molecule has 0 saturated carbocycles. The molecule has 148 valence electrons. The number of aromatic nitrogens is 1. The van der Waals surface area contributed by atoms with Crippen LogP contribution in [0, 0.1) is 6.92 Å². The summed E-state index contributed by atoms with van der Waals surface area (Å²) < 4.78 is 11.2. The van der Waals surface area contributed by atoms with Crippen molar-refractivity contribution in [1.82, 2.24) is 9.88 Å². The summed E-state index contributed by atoms with van der Waals surface area (Å²) in [5.41, 5.74) is 4.00. The number of morpholine rings is 1. The van der Waals surface area contributed by atoms with Crippen LogP contribution in [0.25, 0.3) is 0 Å². The molecule has 2 aromatic rings. The highest BCUT2D eigenvalue weighted by molar-refractivity contribution is 6.10. The summed E-state index contributed by atoms with van der Waals surface area (Å²) in [6.45, 7) is 3.44. The zero-order valence-corrected chi connectivity index (χ0v) is 16.4. The van der Waals surface area contributed by atoms with Gasteiger partial charge in [-0.3, -0.25) is 9.59 Å². The number of H-pyrrole nitrogens is 1. The maximum Gasteiger partial charge on any atom is 0.256 e. The predicted octanol–water partition coefficient (Wildman–Crippen LogP) is 2.93. The van der Waals surface area contributed by atoms with Crippen LogP contribution in [0.5, 0.6) is 5.75 Å². The Hall–Kier alpha value is -2.60. The van der Waals surface area contributed by atoms with E-state index >= 15 is 0 Å². The van der Waals surface area contributed by atoms with Crippen LogP contribution < -0.4 is 4.74 Å². The molecule has 6 heteroatoms. The molecule has 1 saturated heterocycles. The molecule has 6 nitrogen and oxygen atoms in total. The van der Waals surface area contributed by atoms with Gasteiger partial charge in [-0.25, -0.2) is 0 Å². The monoisotopic (exact) mass is 382 g/mol. The molecule has 0 radical (unpaired) electrons. The fourth-order valence-corrected chi connectivity index (χ4v) is 4.25. The van der Waals surface area contributed by atoms with Crippen molar-refractivity contribution in [3.63, 3.8) is 0 Å². The van der Waals surface area contributed by atoms with Crippen LogP contribution in [0.2, 0.25) is 0 Å². The number of methoxy groups -OCH3 is 1. The van der Waals surface area contributed by atoms with E-state index < -0.39 is 0 Å². The second-order valence-electron chi connectivity index (χ2n) is 7.55. The summed E-state index contributed by atoms with van der Waals surface area (Å²) in [6, 6.07) is 7.91. The number of ketones is 1. The summed E-state index contributed by atoms with van der Waals surface area (Å²) in [5, 5.41) is 0. The Morgan fingerprint density at radius 1 is 1.36 bits per heavy atom. The van der Waals surface area contributed by atoms with Crippen molar-refractivity contribution in [1.29, 1.82) is 0 Å². The number of fused-ring (bicyclic) bond motifs is 1. The fraction of sp³-hybridized carbons (Fsp3) is 0.455. The van der Waals surface area contributed by atoms with Crippen LogP contribution in [0.3, 0.4) is 0 Å². The van der Waals surface area contributed by atoms with E-state index in [0.29, 0.717) is 43.7 Å². The Kier molecular flexibility index (Phi) is 5.22. The van der Waals surface area contributed by atoms with Crippen molar-refractivity contribution < 1.29 is 19.1 Å². The minimum absolute atomic E-state index is 0.0656. The molecule has 2 aliphatic rings. The first kappa shape index (κ1) is 18.7. The van der Waals surface area contributed by atoms with Crippen molar-refractivity contribution in [2.24, 2.45) is 0 Å². The number of aromatic amines is 1. The van der Waals surface area contributed by atoms with Gasteiger partial charge in [0, 0.05) is 37.3 Å². The third kappa shape index (κ3) is 3.56. The molecule has 1 aliphatic heterocycles. The third-order valence-electron chi connectivity index (χ3n) is 5.61. The Balaban J connectivity index is 1.51. The van der Waals surface area contributed by atoms with Gasteiger partial charge < -0.3 is 19.4 Å². The minimum Gasteiger partial charge on any atom is -0.497 e. The summed E-state index contributed by atoms with van der Waals surface area (Å²) >= 11 is 0. The van der Waals surface area contributed by atoms with E-state index in [4.69, 9.17) is 9.47 Å². The number of carbonyl (C=O) groups is 2. The number of ether oxygens (including phenoxy) is 2. The molecule has 1 atom stereocenters. The van der Waals surface area contributed by atoms with Gasteiger partial charge in [0.05, 0.1) is 30.9 Å². The highest BCUT2D eigenvalue weighted by atomic mass is 16.5. The van der Waals surface area contributed by atoms with Gasteiger partial charge in [-0.1, -0.05) is 12.1 Å². The SMILES string of the molecule is COc1cccc(C[C@@H]2CN(C(=O)c3c(C)[nH]c4c3C(=O)CCC4)CCO2)c1. The number of rotatable bonds is 4. The lowest BCUT2D eigenvalue weighted by Crippen LogP contribution is -2.46. The largest absolute Gasteiger partial charge is 0.497 e. The smallest absolute Gasteiger partial charge is 0.256 e. The van der Waals surface area contributed by atoms with E-state index in [-0.39, 0.29) is 17.8 Å². The quantitative estimate of drug-likeness (QED) is 0.883. The molecule has 4 rings (SSSR count). The molecule has 1 aliphatic carbocycles. The molecular weight excluding hydrogens is 356 g/mol. The van der Waals surface area contributed by atoms with Crippen molar-refractivity contribution in [3.05, 3.63) is 52.3 Å². The minimum atomic E-state index is -0.0735. The van der Waals surface area contributed by atoms with Gasteiger partial charge in [0.2, 0.25) is 0 Å². The summed E-state index contributed by atoms with van der Waals surface area (Å²) in [6.07, 6.45) is 2.84. The molecule has 1 N–H and O–H groups in total. The first-order valence-electron chi connectivity index (χ1n) is 9.85. The highest BCUT2D eigenvalue weighted by Crippen LogP contribution is 2.28. The molecule has 1 aromatic heterocycles. The Bertz CT molecular complexity index is 902. The number of benzene rings is 1. The van der Waals surface area contributed by atoms with Crippen molar-refractivity contribution >= 4 is 11.7 Å². The van der Waals surface area contributed by atoms with Crippen LogP contribution in [0.4, 0.5) is 0 Å². The lowest BCUT2D eigenvalue weighted by molar-refractivity contribution is -0.0208. The van der Waals surface area contributed by atoms with Crippen molar-refractivity contribution in [2.75, 3.05) is 26.8 Å². The van der Waals surface area contributed by atoms with Gasteiger partial charge in [-0.2, -0.15) is 0 Å². The topological polar surface area (TPSA) is 71.6 Å². The number of carbonyl (C=O) groups excluding carboxylic acids is 2. The Morgan fingerprint density at radius 2 is 2.21 bits per heavy atom. The van der Waals surface area contributed by atoms with E-state index in [1.165, 1.54) is 0 Å². The molecule has 28 heavy (non-hydrogen) atoms. The number of aryl methyl sites for hydroxylation is 2. The number of hydrogen-bond donors (Lipinski definition) is 1. The van der Waals surface area contributed by atoms with Gasteiger partial charge in [0.1, 0.15) is 5.75 Å². The molecule has 1 amide bonds. The normalized spacial score (nSPS) is 19.4. The zero-order chi connectivity index (χ0) is 19.7. The van der Waals surface area contributed by atoms with Crippen LogP contribution in [-0.2, 0) is 17.6 Å². The second kappa shape index (κ2) is 7.80. The zero-order valence-electron chi connectivity index (χ0n) is 16.4. The fourth-order valence-electron chi connectivity index (χ4n) is 4.25. The molecule has 0 bridgehead atoms. The number of amides is 1. The van der Waals surface area contributed by atoms with Crippen LogP contribution in [-0.4, -0.2) is 54.5 Å². The first-order valence-corrected chi connectivity index (χ1v) is 9.85. The number of nitrogens with zero attached hydrogens (tertiary/aromatic N) is 1. The van der Waals surface area contributed by atoms with E-state index in [0.717, 1.165) is 35.5 Å². The average Bonchev–Trinajstić information content (AvgIpc) is 3.05. The number of Topliss-reactive ketones (excluding diaryl/α,β-unsaturated/α-hetero) is 1. The maximum absolute atomic E-state index is 13.3. The molecule has 1 aromatic carbocycles. The number of hydrogen-bond acceptors (Lipinski definition) is 4. The van der Waals surface area contributed by atoms with Crippen molar-refractivity contribution in [3.8, 4) is 5.75 Å². The molecule has 1 fully saturated rings. The standard InChI is InChI=1S/C22H26N2O4/c1-14-20(21-18(23-14)7-4-8-19(21)25)22(26)24-9-10-28-17(13-24)12-15-5-3-6-16(11-15)27-2/h3,5-6,11,17,23H,4,7-10,12-13H2,1-2H3/t17-/m1/s1. The van der Waals surface area contributed by atoms with Gasteiger partial charge >= 0.3 is 0 Å². The Morgan fingerprint density at radius 3 is 3.04 bits per heavy atom. The van der Waals surface area contributed by atoms with Crippen LogP contribution in [0.1, 0.15) is 50.5 Å². The van der Waals surface area contributed by atoms with Gasteiger partial charge in [-0.05, 0) is 37.5 Å². The van der Waals surface area contributed by atoms with Gasteiger partial charge in [0.15, 0.2) is 5.78 Å². The molecule has 0 unspecified atom stereocenters. The first-order chi connectivity index (χ1) is 13.6. The number of nitrogens with one attached hydrogen (secondary N) is 1. The molecule has 2 heterocycles.